The summed E-state index contributed by atoms with van der Waals surface area (Å²) >= 11 is 5.89. The van der Waals surface area contributed by atoms with Gasteiger partial charge >= 0.3 is 0 Å². The van der Waals surface area contributed by atoms with Crippen molar-refractivity contribution in [2.75, 3.05) is 16.8 Å². The molecule has 1 heterocycles. The summed E-state index contributed by atoms with van der Waals surface area (Å²) < 4.78 is 0. The lowest BCUT2D eigenvalue weighted by atomic mass is 10.2. The number of rotatable bonds is 5. The Morgan fingerprint density at radius 3 is 2.48 bits per heavy atom. The predicted octanol–water partition coefficient (Wildman–Crippen LogP) is 4.54. The molecule has 5 nitrogen and oxygen atoms in total. The summed E-state index contributed by atoms with van der Waals surface area (Å²) in [4.78, 5) is 22.8. The fraction of sp³-hybridized carbons (Fsp3) is 0.105. The molecule has 1 amide bonds. The zero-order valence-electron chi connectivity index (χ0n) is 13.7. The fourth-order valence-electron chi connectivity index (χ4n) is 2.41. The number of hydrogen-bond acceptors (Lipinski definition) is 4. The summed E-state index contributed by atoms with van der Waals surface area (Å²) in [5.74, 6) is 0.375. The molecule has 0 aliphatic heterocycles. The maximum absolute atomic E-state index is 12.8. The van der Waals surface area contributed by atoms with Crippen molar-refractivity contribution in [1.82, 2.24) is 9.97 Å². The van der Waals surface area contributed by atoms with Gasteiger partial charge in [-0.3, -0.25) is 4.79 Å². The number of nitrogens with zero attached hydrogens (tertiary/aromatic N) is 3. The van der Waals surface area contributed by atoms with Crippen molar-refractivity contribution in [2.24, 2.45) is 0 Å². The zero-order valence-corrected chi connectivity index (χ0v) is 14.4. The summed E-state index contributed by atoms with van der Waals surface area (Å²) in [5, 5.41) is 3.80. The van der Waals surface area contributed by atoms with Crippen molar-refractivity contribution < 1.29 is 4.79 Å². The lowest BCUT2D eigenvalue weighted by Crippen LogP contribution is -2.31. The number of aromatic nitrogens is 2. The Bertz CT molecular complexity index is 853. The average Bonchev–Trinajstić information content (AvgIpc) is 2.65. The van der Waals surface area contributed by atoms with Gasteiger partial charge < -0.3 is 10.2 Å². The van der Waals surface area contributed by atoms with Crippen LogP contribution in [0.2, 0.25) is 5.02 Å². The van der Waals surface area contributed by atoms with Crippen LogP contribution in [0.5, 0.6) is 0 Å². The van der Waals surface area contributed by atoms with E-state index in [0.717, 1.165) is 11.4 Å². The molecule has 3 aromatic rings. The largest absolute Gasteiger partial charge is 0.340 e. The second kappa shape index (κ2) is 7.77. The lowest BCUT2D eigenvalue weighted by Gasteiger charge is -2.20. The summed E-state index contributed by atoms with van der Waals surface area (Å²) in [6.07, 6.45) is 1.38. The second-order valence-corrected chi connectivity index (χ2v) is 5.74. The standard InChI is InChI=1S/C19H17ClN4O/c1-2-24(16-6-4-3-5-7-16)19(25)17-12-18(22-13-21-17)23-15-10-8-14(20)9-11-15/h3-13H,2H2,1H3,(H,21,22,23). The van der Waals surface area contributed by atoms with Crippen LogP contribution in [-0.4, -0.2) is 22.4 Å². The Hall–Kier alpha value is -2.92. The number of carbonyl (C=O) groups excluding carboxylic acids is 1. The smallest absolute Gasteiger partial charge is 0.277 e. The van der Waals surface area contributed by atoms with Crippen LogP contribution < -0.4 is 10.2 Å². The first-order valence-corrected chi connectivity index (χ1v) is 8.26. The van der Waals surface area contributed by atoms with E-state index >= 15 is 0 Å². The summed E-state index contributed by atoms with van der Waals surface area (Å²) in [5.41, 5.74) is 2.00. The topological polar surface area (TPSA) is 58.1 Å². The number of benzene rings is 2. The molecule has 6 heteroatoms. The third-order valence-corrected chi connectivity index (χ3v) is 3.88. The first-order chi connectivity index (χ1) is 12.2. The second-order valence-electron chi connectivity index (χ2n) is 5.31. The summed E-state index contributed by atoms with van der Waals surface area (Å²) in [6.45, 7) is 2.48. The van der Waals surface area contributed by atoms with Crippen LogP contribution in [0.3, 0.4) is 0 Å². The Kier molecular flexibility index (Phi) is 5.26. The third kappa shape index (κ3) is 4.14. The number of hydrogen-bond donors (Lipinski definition) is 1. The van der Waals surface area contributed by atoms with E-state index in [4.69, 9.17) is 11.6 Å². The first-order valence-electron chi connectivity index (χ1n) is 7.89. The van der Waals surface area contributed by atoms with Gasteiger partial charge in [0.1, 0.15) is 17.8 Å². The lowest BCUT2D eigenvalue weighted by molar-refractivity contribution is 0.0983. The van der Waals surface area contributed by atoms with Crippen LogP contribution >= 0.6 is 11.6 Å². The predicted molar refractivity (Wildman–Crippen MR) is 101 cm³/mol. The number of amides is 1. The molecule has 3 rings (SSSR count). The minimum absolute atomic E-state index is 0.171. The van der Waals surface area contributed by atoms with Gasteiger partial charge in [-0.2, -0.15) is 0 Å². The van der Waals surface area contributed by atoms with Gasteiger partial charge in [0.2, 0.25) is 0 Å². The fourth-order valence-corrected chi connectivity index (χ4v) is 2.54. The molecule has 1 N–H and O–H groups in total. The van der Waals surface area contributed by atoms with Gasteiger partial charge in [-0.05, 0) is 43.3 Å². The molecule has 0 unspecified atom stereocenters. The Balaban J connectivity index is 1.82. The Labute approximate surface area is 151 Å². The summed E-state index contributed by atoms with van der Waals surface area (Å²) in [7, 11) is 0. The van der Waals surface area contributed by atoms with Crippen molar-refractivity contribution in [2.45, 2.75) is 6.92 Å². The molecule has 0 saturated heterocycles. The van der Waals surface area contributed by atoms with Crippen molar-refractivity contribution in [3.8, 4) is 0 Å². The molecule has 2 aromatic carbocycles. The number of halogens is 1. The highest BCUT2D eigenvalue weighted by Crippen LogP contribution is 2.19. The molecule has 126 valence electrons. The Morgan fingerprint density at radius 2 is 1.80 bits per heavy atom. The molecule has 25 heavy (non-hydrogen) atoms. The highest BCUT2D eigenvalue weighted by Gasteiger charge is 2.17. The van der Waals surface area contributed by atoms with Crippen LogP contribution in [0.15, 0.2) is 67.0 Å². The van der Waals surface area contributed by atoms with E-state index in [1.54, 1.807) is 23.1 Å². The Morgan fingerprint density at radius 1 is 1.08 bits per heavy atom. The van der Waals surface area contributed by atoms with Gasteiger partial charge in [-0.15, -0.1) is 0 Å². The van der Waals surface area contributed by atoms with Crippen LogP contribution in [-0.2, 0) is 0 Å². The van der Waals surface area contributed by atoms with E-state index in [0.29, 0.717) is 23.1 Å². The molecule has 0 aliphatic rings. The molecule has 0 spiro atoms. The quantitative estimate of drug-likeness (QED) is 0.732. The van der Waals surface area contributed by atoms with E-state index in [2.05, 4.69) is 15.3 Å². The van der Waals surface area contributed by atoms with Crippen molar-refractivity contribution in [3.05, 3.63) is 77.7 Å². The molecule has 0 bridgehead atoms. The van der Waals surface area contributed by atoms with E-state index in [9.17, 15) is 4.79 Å². The number of para-hydroxylation sites is 1. The third-order valence-electron chi connectivity index (χ3n) is 3.63. The van der Waals surface area contributed by atoms with Gasteiger partial charge in [-0.1, -0.05) is 29.8 Å². The van der Waals surface area contributed by atoms with Gasteiger partial charge in [-0.25, -0.2) is 9.97 Å². The van der Waals surface area contributed by atoms with Gasteiger partial charge in [0.25, 0.3) is 5.91 Å². The molecule has 0 fully saturated rings. The molecule has 0 aliphatic carbocycles. The van der Waals surface area contributed by atoms with Crippen LogP contribution in [0.25, 0.3) is 0 Å². The first kappa shape index (κ1) is 16.9. The highest BCUT2D eigenvalue weighted by atomic mass is 35.5. The van der Waals surface area contributed by atoms with Crippen molar-refractivity contribution >= 4 is 34.7 Å². The van der Waals surface area contributed by atoms with Gasteiger partial charge in [0.15, 0.2) is 0 Å². The SMILES string of the molecule is CCN(C(=O)c1cc(Nc2ccc(Cl)cc2)ncn1)c1ccccc1. The zero-order chi connectivity index (χ0) is 17.6. The molecule has 1 aromatic heterocycles. The van der Waals surface area contributed by atoms with Crippen LogP contribution in [0.1, 0.15) is 17.4 Å². The molecule has 0 radical (unpaired) electrons. The van der Waals surface area contributed by atoms with E-state index in [1.807, 2.05) is 49.4 Å². The molecule has 0 atom stereocenters. The van der Waals surface area contributed by atoms with Gasteiger partial charge in [0.05, 0.1) is 0 Å². The average molecular weight is 353 g/mol. The normalized spacial score (nSPS) is 10.3. The monoisotopic (exact) mass is 352 g/mol. The number of anilines is 3. The van der Waals surface area contributed by atoms with E-state index in [-0.39, 0.29) is 5.91 Å². The molecule has 0 saturated carbocycles. The number of nitrogens with one attached hydrogen (secondary N) is 1. The van der Waals surface area contributed by atoms with Crippen LogP contribution in [0.4, 0.5) is 17.2 Å². The minimum atomic E-state index is -0.171. The van der Waals surface area contributed by atoms with E-state index in [1.165, 1.54) is 6.33 Å². The van der Waals surface area contributed by atoms with Gasteiger partial charge in [0, 0.05) is 29.0 Å². The maximum atomic E-state index is 12.8. The number of carbonyl (C=O) groups is 1. The van der Waals surface area contributed by atoms with Crippen LogP contribution in [0, 0.1) is 0 Å². The van der Waals surface area contributed by atoms with Crippen molar-refractivity contribution in [1.29, 1.82) is 0 Å². The minimum Gasteiger partial charge on any atom is -0.340 e. The maximum Gasteiger partial charge on any atom is 0.277 e. The highest BCUT2D eigenvalue weighted by molar-refractivity contribution is 6.30. The molecular weight excluding hydrogens is 336 g/mol. The van der Waals surface area contributed by atoms with Crippen molar-refractivity contribution in [3.63, 3.8) is 0 Å². The molecular formula is C19H17ClN4O. The summed E-state index contributed by atoms with van der Waals surface area (Å²) in [6, 6.07) is 18.4. The van der Waals surface area contributed by atoms with E-state index < -0.39 is 0 Å².